The van der Waals surface area contributed by atoms with Crippen LogP contribution in [0.4, 0.5) is 0 Å². The van der Waals surface area contributed by atoms with Gasteiger partial charge in [-0.25, -0.2) is 4.98 Å². The summed E-state index contributed by atoms with van der Waals surface area (Å²) in [5.74, 6) is 0. The van der Waals surface area contributed by atoms with Crippen molar-refractivity contribution >= 4 is 22.4 Å². The predicted molar refractivity (Wildman–Crippen MR) is 70.3 cm³/mol. The average Bonchev–Trinajstić information content (AvgIpc) is 2.87. The molecule has 0 N–H and O–H groups in total. The Bertz CT molecular complexity index is 729. The molecule has 0 bridgehead atoms. The molecule has 0 saturated heterocycles. The topological polar surface area (TPSA) is 34.9 Å². The summed E-state index contributed by atoms with van der Waals surface area (Å²) in [5, 5.41) is 1.95. The van der Waals surface area contributed by atoms with Gasteiger partial charge in [-0.15, -0.1) is 11.3 Å². The van der Waals surface area contributed by atoms with Crippen LogP contribution in [0.5, 0.6) is 0 Å². The van der Waals surface area contributed by atoms with Crippen LogP contribution in [0.2, 0.25) is 0 Å². The number of aromatic nitrogens is 2. The Morgan fingerprint density at radius 1 is 1.18 bits per heavy atom. The summed E-state index contributed by atoms with van der Waals surface area (Å²) in [6.45, 7) is 0. The normalized spacial score (nSPS) is 10.9. The van der Waals surface area contributed by atoms with Crippen LogP contribution >= 0.6 is 11.3 Å². The van der Waals surface area contributed by atoms with Gasteiger partial charge in [-0.3, -0.25) is 4.79 Å². The molecule has 2 aromatic heterocycles. The van der Waals surface area contributed by atoms with Gasteiger partial charge in [-0.2, -0.15) is 0 Å². The van der Waals surface area contributed by atoms with Crippen LogP contribution in [0.25, 0.3) is 21.6 Å². The number of benzene rings is 1. The molecule has 0 spiro atoms. The number of aryl methyl sites for hydroxylation is 1. The third kappa shape index (κ3) is 1.57. The van der Waals surface area contributed by atoms with E-state index in [1.165, 1.54) is 11.3 Å². The first-order valence-corrected chi connectivity index (χ1v) is 6.15. The highest BCUT2D eigenvalue weighted by Gasteiger charge is 2.10. The number of fused-ring (bicyclic) bond motifs is 1. The second-order valence-electron chi connectivity index (χ2n) is 3.79. The molecule has 84 valence electrons. The minimum absolute atomic E-state index is 0.0499. The molecule has 17 heavy (non-hydrogen) atoms. The highest BCUT2D eigenvalue weighted by Crippen LogP contribution is 2.21. The van der Waals surface area contributed by atoms with Gasteiger partial charge in [0.05, 0.1) is 15.9 Å². The average molecular weight is 242 g/mol. The van der Waals surface area contributed by atoms with Crippen LogP contribution in [0.1, 0.15) is 0 Å². The van der Waals surface area contributed by atoms with Gasteiger partial charge in [0, 0.05) is 7.05 Å². The molecule has 0 unspecified atom stereocenters. The highest BCUT2D eigenvalue weighted by atomic mass is 32.1. The van der Waals surface area contributed by atoms with Crippen LogP contribution < -0.4 is 5.56 Å². The minimum atomic E-state index is -0.0499. The largest absolute Gasteiger partial charge is 0.308 e. The van der Waals surface area contributed by atoms with E-state index in [2.05, 4.69) is 4.98 Å². The highest BCUT2D eigenvalue weighted by molar-refractivity contribution is 7.13. The van der Waals surface area contributed by atoms with Crippen molar-refractivity contribution in [3.05, 3.63) is 52.1 Å². The standard InChI is InChI=1S/C13H10N2OS/c1-15-10-6-3-2-5-9(10)14-12(13(15)16)11-7-4-8-17-11/h2-8H,1H3. The molecule has 0 amide bonds. The zero-order valence-corrected chi connectivity index (χ0v) is 10.1. The maximum atomic E-state index is 12.2. The third-order valence-electron chi connectivity index (χ3n) is 2.74. The van der Waals surface area contributed by atoms with Crippen molar-refractivity contribution in [3.63, 3.8) is 0 Å². The summed E-state index contributed by atoms with van der Waals surface area (Å²) in [6, 6.07) is 11.5. The molecule has 1 aromatic carbocycles. The van der Waals surface area contributed by atoms with E-state index in [0.29, 0.717) is 5.69 Å². The molecule has 0 saturated carbocycles. The first kappa shape index (κ1) is 10.2. The molecule has 3 aromatic rings. The van der Waals surface area contributed by atoms with Crippen molar-refractivity contribution in [3.8, 4) is 10.6 Å². The SMILES string of the molecule is Cn1c(=O)c(-c2cccs2)nc2ccccc21. The number of rotatable bonds is 1. The molecule has 2 heterocycles. The van der Waals surface area contributed by atoms with Crippen LogP contribution in [0.3, 0.4) is 0 Å². The van der Waals surface area contributed by atoms with Crippen molar-refractivity contribution in [2.45, 2.75) is 0 Å². The van der Waals surface area contributed by atoms with Gasteiger partial charge in [-0.05, 0) is 23.6 Å². The first-order valence-electron chi connectivity index (χ1n) is 5.27. The Morgan fingerprint density at radius 3 is 2.76 bits per heavy atom. The molecule has 0 atom stereocenters. The van der Waals surface area contributed by atoms with Crippen LogP contribution in [-0.2, 0) is 7.05 Å². The summed E-state index contributed by atoms with van der Waals surface area (Å²) in [6.07, 6.45) is 0. The molecular formula is C13H10N2OS. The number of para-hydroxylation sites is 2. The molecule has 0 aliphatic heterocycles. The van der Waals surface area contributed by atoms with E-state index in [1.54, 1.807) is 11.6 Å². The molecule has 0 fully saturated rings. The number of hydrogen-bond acceptors (Lipinski definition) is 3. The van der Waals surface area contributed by atoms with Crippen molar-refractivity contribution in [1.29, 1.82) is 0 Å². The number of thiophene rings is 1. The molecule has 0 aliphatic carbocycles. The van der Waals surface area contributed by atoms with E-state index in [4.69, 9.17) is 0 Å². The van der Waals surface area contributed by atoms with Crippen molar-refractivity contribution in [1.82, 2.24) is 9.55 Å². The molecule has 0 aliphatic rings. The summed E-state index contributed by atoms with van der Waals surface area (Å²) in [7, 11) is 1.78. The van der Waals surface area contributed by atoms with Crippen molar-refractivity contribution < 1.29 is 0 Å². The Hall–Kier alpha value is -1.94. The summed E-state index contributed by atoms with van der Waals surface area (Å²) in [4.78, 5) is 17.6. The monoisotopic (exact) mass is 242 g/mol. The minimum Gasteiger partial charge on any atom is -0.308 e. The van der Waals surface area contributed by atoms with Gasteiger partial charge in [0.1, 0.15) is 5.69 Å². The Balaban J connectivity index is 2.42. The Labute approximate surface area is 102 Å². The molecule has 3 rings (SSSR count). The maximum absolute atomic E-state index is 12.2. The van der Waals surface area contributed by atoms with Gasteiger partial charge in [0.15, 0.2) is 0 Å². The van der Waals surface area contributed by atoms with E-state index < -0.39 is 0 Å². The number of nitrogens with zero attached hydrogens (tertiary/aromatic N) is 2. The van der Waals surface area contributed by atoms with E-state index in [0.717, 1.165) is 15.9 Å². The predicted octanol–water partition coefficient (Wildman–Crippen LogP) is 2.66. The zero-order chi connectivity index (χ0) is 11.8. The van der Waals surface area contributed by atoms with Gasteiger partial charge < -0.3 is 4.57 Å². The van der Waals surface area contributed by atoms with Crippen LogP contribution in [-0.4, -0.2) is 9.55 Å². The van der Waals surface area contributed by atoms with Crippen LogP contribution in [0.15, 0.2) is 46.6 Å². The summed E-state index contributed by atoms with van der Waals surface area (Å²) < 4.78 is 1.65. The molecule has 0 radical (unpaired) electrons. The smallest absolute Gasteiger partial charge is 0.278 e. The molecule has 3 nitrogen and oxygen atoms in total. The molecule has 4 heteroatoms. The summed E-state index contributed by atoms with van der Waals surface area (Å²) in [5.41, 5.74) is 2.18. The lowest BCUT2D eigenvalue weighted by Crippen LogP contribution is -2.20. The number of hydrogen-bond donors (Lipinski definition) is 0. The lowest BCUT2D eigenvalue weighted by atomic mass is 10.2. The van der Waals surface area contributed by atoms with Gasteiger partial charge in [-0.1, -0.05) is 18.2 Å². The lowest BCUT2D eigenvalue weighted by molar-refractivity contribution is 0.896. The van der Waals surface area contributed by atoms with Gasteiger partial charge >= 0.3 is 0 Å². The van der Waals surface area contributed by atoms with E-state index in [-0.39, 0.29) is 5.56 Å². The second kappa shape index (κ2) is 3.82. The van der Waals surface area contributed by atoms with E-state index in [9.17, 15) is 4.79 Å². The fraction of sp³-hybridized carbons (Fsp3) is 0.0769. The van der Waals surface area contributed by atoms with Gasteiger partial charge in [0.2, 0.25) is 0 Å². The van der Waals surface area contributed by atoms with E-state index in [1.807, 2.05) is 41.8 Å². The van der Waals surface area contributed by atoms with Crippen LogP contribution in [0, 0.1) is 0 Å². The lowest BCUT2D eigenvalue weighted by Gasteiger charge is -2.06. The Kier molecular flexibility index (Phi) is 2.30. The maximum Gasteiger partial charge on any atom is 0.278 e. The quantitative estimate of drug-likeness (QED) is 0.657. The second-order valence-corrected chi connectivity index (χ2v) is 4.74. The fourth-order valence-electron chi connectivity index (χ4n) is 1.85. The first-order chi connectivity index (χ1) is 8.27. The third-order valence-corrected chi connectivity index (χ3v) is 3.61. The zero-order valence-electron chi connectivity index (χ0n) is 9.25. The van der Waals surface area contributed by atoms with E-state index >= 15 is 0 Å². The fourth-order valence-corrected chi connectivity index (χ4v) is 2.56. The van der Waals surface area contributed by atoms with Gasteiger partial charge in [0.25, 0.3) is 5.56 Å². The Morgan fingerprint density at radius 2 is 2.00 bits per heavy atom. The van der Waals surface area contributed by atoms with Crippen molar-refractivity contribution in [2.75, 3.05) is 0 Å². The summed E-state index contributed by atoms with van der Waals surface area (Å²) >= 11 is 1.53. The molecular weight excluding hydrogens is 232 g/mol. The van der Waals surface area contributed by atoms with Crippen molar-refractivity contribution in [2.24, 2.45) is 7.05 Å².